The lowest BCUT2D eigenvalue weighted by Gasteiger charge is -2.18. The molecule has 1 fully saturated rings. The van der Waals surface area contributed by atoms with Gasteiger partial charge >= 0.3 is 0 Å². The van der Waals surface area contributed by atoms with Gasteiger partial charge in [0, 0.05) is 25.1 Å². The monoisotopic (exact) mass is 385 g/mol. The second-order valence-electron chi connectivity index (χ2n) is 6.29. The van der Waals surface area contributed by atoms with Crippen LogP contribution in [0.1, 0.15) is 23.8 Å². The summed E-state index contributed by atoms with van der Waals surface area (Å²) in [6, 6.07) is 9.46. The summed E-state index contributed by atoms with van der Waals surface area (Å²) >= 11 is 1.55. The van der Waals surface area contributed by atoms with E-state index in [1.165, 1.54) is 0 Å². The summed E-state index contributed by atoms with van der Waals surface area (Å²) in [5.74, 6) is 2.49. The third-order valence-corrected chi connectivity index (χ3v) is 5.46. The number of nitrogens with zero attached hydrogens (tertiary/aromatic N) is 3. The molecule has 1 unspecified atom stereocenters. The zero-order valence-corrected chi connectivity index (χ0v) is 15.9. The molecular weight excluding hydrogens is 366 g/mol. The van der Waals surface area contributed by atoms with Gasteiger partial charge in [-0.25, -0.2) is 0 Å². The van der Waals surface area contributed by atoms with Crippen LogP contribution in [0.3, 0.4) is 0 Å². The molecule has 2 aromatic heterocycles. The number of ether oxygens (including phenoxy) is 2. The number of benzene rings is 1. The van der Waals surface area contributed by atoms with Gasteiger partial charge in [-0.1, -0.05) is 11.2 Å². The first kappa shape index (κ1) is 17.5. The van der Waals surface area contributed by atoms with Gasteiger partial charge in [-0.15, -0.1) is 11.3 Å². The van der Waals surface area contributed by atoms with Crippen molar-refractivity contribution in [1.29, 1.82) is 0 Å². The van der Waals surface area contributed by atoms with Crippen molar-refractivity contribution in [2.75, 3.05) is 20.8 Å². The lowest BCUT2D eigenvalue weighted by molar-refractivity contribution is -0.128. The number of methoxy groups -OCH3 is 2. The Labute approximate surface area is 160 Å². The van der Waals surface area contributed by atoms with Crippen LogP contribution in [0.15, 0.2) is 40.2 Å². The van der Waals surface area contributed by atoms with Gasteiger partial charge in [0.15, 0.2) is 0 Å². The molecule has 1 aliphatic rings. The maximum Gasteiger partial charge on any atom is 0.232 e. The molecule has 1 aliphatic heterocycles. The molecule has 8 heteroatoms. The minimum absolute atomic E-state index is 0.0562. The summed E-state index contributed by atoms with van der Waals surface area (Å²) < 4.78 is 16.1. The molecule has 1 amide bonds. The quantitative estimate of drug-likeness (QED) is 0.648. The molecule has 3 aromatic rings. The smallest absolute Gasteiger partial charge is 0.232 e. The zero-order chi connectivity index (χ0) is 18.8. The SMILES string of the molecule is COc1ccc(OC)c(CN2CC(c3nc(-c4cccs4)no3)CC2=O)c1. The molecule has 1 atom stereocenters. The number of thiophene rings is 1. The molecule has 0 saturated carbocycles. The first-order valence-corrected chi connectivity index (χ1v) is 9.42. The number of hydrogen-bond acceptors (Lipinski definition) is 7. The second kappa shape index (κ2) is 7.40. The standard InChI is InChI=1S/C19H19N3O4S/c1-24-14-5-6-15(25-2)12(8-14)10-22-11-13(9-17(22)23)19-20-18(21-26-19)16-4-3-7-27-16/h3-8,13H,9-11H2,1-2H3. The Balaban J connectivity index is 1.50. The van der Waals surface area contributed by atoms with Gasteiger partial charge in [-0.05, 0) is 29.6 Å². The first-order valence-electron chi connectivity index (χ1n) is 8.54. The van der Waals surface area contributed by atoms with E-state index < -0.39 is 0 Å². The molecular formula is C19H19N3O4S. The van der Waals surface area contributed by atoms with Crippen LogP contribution in [0.25, 0.3) is 10.7 Å². The Kier molecular flexibility index (Phi) is 4.81. The van der Waals surface area contributed by atoms with Crippen molar-refractivity contribution in [2.45, 2.75) is 18.9 Å². The Bertz CT molecular complexity index is 938. The van der Waals surface area contributed by atoms with E-state index in [9.17, 15) is 4.79 Å². The van der Waals surface area contributed by atoms with Gasteiger partial charge in [-0.3, -0.25) is 4.79 Å². The van der Waals surface area contributed by atoms with Crippen LogP contribution < -0.4 is 9.47 Å². The van der Waals surface area contributed by atoms with Crippen molar-refractivity contribution in [2.24, 2.45) is 0 Å². The zero-order valence-electron chi connectivity index (χ0n) is 15.0. The van der Waals surface area contributed by atoms with E-state index in [2.05, 4.69) is 10.1 Å². The van der Waals surface area contributed by atoms with Crippen molar-refractivity contribution in [3.05, 3.63) is 47.2 Å². The van der Waals surface area contributed by atoms with Crippen LogP contribution in [0.4, 0.5) is 0 Å². The van der Waals surface area contributed by atoms with Crippen molar-refractivity contribution in [3.63, 3.8) is 0 Å². The largest absolute Gasteiger partial charge is 0.497 e. The van der Waals surface area contributed by atoms with Gasteiger partial charge in [0.1, 0.15) is 11.5 Å². The van der Waals surface area contributed by atoms with Gasteiger partial charge < -0.3 is 18.9 Å². The third kappa shape index (κ3) is 3.52. The Morgan fingerprint density at radius 3 is 2.93 bits per heavy atom. The number of amides is 1. The molecule has 0 N–H and O–H groups in total. The highest BCUT2D eigenvalue weighted by molar-refractivity contribution is 7.13. The van der Waals surface area contributed by atoms with Crippen LogP contribution in [0.2, 0.25) is 0 Å². The number of rotatable bonds is 6. The first-order chi connectivity index (χ1) is 13.2. The minimum atomic E-state index is -0.102. The fraction of sp³-hybridized carbons (Fsp3) is 0.316. The lowest BCUT2D eigenvalue weighted by atomic mass is 10.1. The highest BCUT2D eigenvalue weighted by Gasteiger charge is 2.34. The van der Waals surface area contributed by atoms with Crippen LogP contribution in [0.5, 0.6) is 11.5 Å². The number of carbonyl (C=O) groups excluding carboxylic acids is 1. The van der Waals surface area contributed by atoms with Crippen LogP contribution in [0, 0.1) is 0 Å². The van der Waals surface area contributed by atoms with Gasteiger partial charge in [0.05, 0.1) is 25.0 Å². The number of aromatic nitrogens is 2. The minimum Gasteiger partial charge on any atom is -0.497 e. The van der Waals surface area contributed by atoms with Crippen LogP contribution in [-0.2, 0) is 11.3 Å². The van der Waals surface area contributed by atoms with Crippen LogP contribution >= 0.6 is 11.3 Å². The average Bonchev–Trinajstić information content (AvgIpc) is 3.42. The number of likely N-dealkylation sites (tertiary alicyclic amines) is 1. The summed E-state index contributed by atoms with van der Waals surface area (Å²) in [4.78, 5) is 19.7. The summed E-state index contributed by atoms with van der Waals surface area (Å²) in [6.07, 6.45) is 0.359. The van der Waals surface area contributed by atoms with E-state index in [-0.39, 0.29) is 11.8 Å². The molecule has 1 saturated heterocycles. The third-order valence-electron chi connectivity index (χ3n) is 4.60. The maximum atomic E-state index is 12.5. The number of carbonyl (C=O) groups is 1. The van der Waals surface area contributed by atoms with Gasteiger partial charge in [0.2, 0.25) is 17.6 Å². The molecule has 1 aromatic carbocycles. The van der Waals surface area contributed by atoms with Crippen LogP contribution in [-0.4, -0.2) is 41.7 Å². The maximum absolute atomic E-state index is 12.5. The van der Waals surface area contributed by atoms with Gasteiger partial charge in [-0.2, -0.15) is 4.98 Å². The average molecular weight is 385 g/mol. The summed E-state index contributed by atoms with van der Waals surface area (Å²) in [5.41, 5.74) is 0.899. The Morgan fingerprint density at radius 2 is 2.19 bits per heavy atom. The predicted octanol–water partition coefficient (Wildman–Crippen LogP) is 3.33. The molecule has 4 rings (SSSR count). The van der Waals surface area contributed by atoms with Crippen molar-refractivity contribution in [1.82, 2.24) is 15.0 Å². The second-order valence-corrected chi connectivity index (χ2v) is 7.23. The lowest BCUT2D eigenvalue weighted by Crippen LogP contribution is -2.24. The highest BCUT2D eigenvalue weighted by Crippen LogP contribution is 2.32. The summed E-state index contributed by atoms with van der Waals surface area (Å²) in [6.45, 7) is 0.979. The van der Waals surface area contributed by atoms with Crippen molar-refractivity contribution in [3.8, 4) is 22.2 Å². The molecule has 0 bridgehead atoms. The van der Waals surface area contributed by atoms with Crippen molar-refractivity contribution < 1.29 is 18.8 Å². The van der Waals surface area contributed by atoms with Crippen molar-refractivity contribution >= 4 is 17.2 Å². The van der Waals surface area contributed by atoms with Gasteiger partial charge in [0.25, 0.3) is 0 Å². The Morgan fingerprint density at radius 1 is 1.30 bits per heavy atom. The molecule has 7 nitrogen and oxygen atoms in total. The topological polar surface area (TPSA) is 77.7 Å². The van der Waals surface area contributed by atoms with E-state index in [0.717, 1.165) is 21.9 Å². The molecule has 140 valence electrons. The fourth-order valence-electron chi connectivity index (χ4n) is 3.21. The van der Waals surface area contributed by atoms with E-state index >= 15 is 0 Å². The van der Waals surface area contributed by atoms with E-state index in [1.807, 2.05) is 35.7 Å². The molecule has 0 aliphatic carbocycles. The normalized spacial score (nSPS) is 16.7. The highest BCUT2D eigenvalue weighted by atomic mass is 32.1. The molecule has 0 radical (unpaired) electrons. The molecule has 27 heavy (non-hydrogen) atoms. The van der Waals surface area contributed by atoms with E-state index in [4.69, 9.17) is 14.0 Å². The molecule has 0 spiro atoms. The van der Waals surface area contributed by atoms with E-state index in [1.54, 1.807) is 30.5 Å². The fourth-order valence-corrected chi connectivity index (χ4v) is 3.86. The summed E-state index contributed by atoms with van der Waals surface area (Å²) in [7, 11) is 3.23. The number of hydrogen-bond donors (Lipinski definition) is 0. The predicted molar refractivity (Wildman–Crippen MR) is 99.9 cm³/mol. The van der Waals surface area contributed by atoms with E-state index in [0.29, 0.717) is 31.2 Å². The molecule has 3 heterocycles. The summed E-state index contributed by atoms with van der Waals surface area (Å²) in [5, 5.41) is 6.01. The Hall–Kier alpha value is -2.87.